The summed E-state index contributed by atoms with van der Waals surface area (Å²) < 4.78 is 13.0. The van der Waals surface area contributed by atoms with E-state index in [-0.39, 0.29) is 27.7 Å². The van der Waals surface area contributed by atoms with Crippen molar-refractivity contribution >= 4 is 34.4 Å². The number of anilines is 2. The highest BCUT2D eigenvalue weighted by Crippen LogP contribution is 2.28. The lowest BCUT2D eigenvalue weighted by atomic mass is 9.98. The van der Waals surface area contributed by atoms with Gasteiger partial charge in [0.05, 0.1) is 9.95 Å². The van der Waals surface area contributed by atoms with Gasteiger partial charge in [0.1, 0.15) is 5.82 Å². The number of nitrogens with zero attached hydrogens (tertiary/aromatic N) is 1. The molecule has 0 bridgehead atoms. The highest BCUT2D eigenvalue weighted by atomic mass is 35.5. The van der Waals surface area contributed by atoms with Crippen molar-refractivity contribution in [3.63, 3.8) is 0 Å². The molecule has 0 aliphatic carbocycles. The van der Waals surface area contributed by atoms with E-state index in [4.69, 9.17) is 11.6 Å². The summed E-state index contributed by atoms with van der Waals surface area (Å²) in [6.07, 6.45) is 0. The second kappa shape index (κ2) is 7.55. The average molecular weight is 385 g/mol. The Balaban J connectivity index is 1.89. The van der Waals surface area contributed by atoms with Gasteiger partial charge in [-0.05, 0) is 55.0 Å². The van der Waals surface area contributed by atoms with Crippen LogP contribution in [-0.4, -0.2) is 10.7 Å². The van der Waals surface area contributed by atoms with Crippen molar-refractivity contribution < 1.29 is 14.1 Å². The normalized spacial score (nSPS) is 10.5. The fourth-order valence-electron chi connectivity index (χ4n) is 2.59. The van der Waals surface area contributed by atoms with Gasteiger partial charge in [0.25, 0.3) is 5.69 Å². The third-order valence-electron chi connectivity index (χ3n) is 4.02. The van der Waals surface area contributed by atoms with Crippen molar-refractivity contribution in [2.24, 2.45) is 0 Å². The molecule has 3 aromatic carbocycles. The van der Waals surface area contributed by atoms with E-state index < -0.39 is 10.7 Å². The first-order chi connectivity index (χ1) is 12.8. The summed E-state index contributed by atoms with van der Waals surface area (Å²) in [6, 6.07) is 14.7. The first kappa shape index (κ1) is 18.5. The number of nitro groups is 1. The van der Waals surface area contributed by atoms with Crippen LogP contribution in [0.15, 0.2) is 60.7 Å². The van der Waals surface area contributed by atoms with Crippen molar-refractivity contribution in [2.75, 3.05) is 5.32 Å². The SMILES string of the molecule is Cc1ccc([N+](=O)[O-])cc1C(=O)c1ccc(Nc2ccc(F)cc2)cc1Cl. The van der Waals surface area contributed by atoms with Crippen molar-refractivity contribution in [3.05, 3.63) is 98.3 Å². The van der Waals surface area contributed by atoms with Crippen molar-refractivity contribution in [1.82, 2.24) is 0 Å². The van der Waals surface area contributed by atoms with Gasteiger partial charge in [0, 0.05) is 34.6 Å². The van der Waals surface area contributed by atoms with Crippen LogP contribution in [0.2, 0.25) is 5.02 Å². The Morgan fingerprint density at radius 1 is 1.00 bits per heavy atom. The molecule has 136 valence electrons. The first-order valence-corrected chi connectivity index (χ1v) is 8.35. The van der Waals surface area contributed by atoms with Gasteiger partial charge in [-0.3, -0.25) is 14.9 Å². The van der Waals surface area contributed by atoms with Crippen molar-refractivity contribution in [2.45, 2.75) is 6.92 Å². The van der Waals surface area contributed by atoms with E-state index in [0.717, 1.165) is 0 Å². The standard InChI is InChI=1S/C20H14ClFN2O3/c1-12-2-8-16(24(26)27)11-18(12)20(25)17-9-7-15(10-19(17)21)23-14-5-3-13(22)4-6-14/h2-11,23H,1H3. The quantitative estimate of drug-likeness (QED) is 0.349. The van der Waals surface area contributed by atoms with E-state index in [1.165, 1.54) is 30.3 Å². The average Bonchev–Trinajstić information content (AvgIpc) is 2.63. The van der Waals surface area contributed by atoms with E-state index in [9.17, 15) is 19.3 Å². The number of halogens is 2. The topological polar surface area (TPSA) is 72.2 Å². The molecule has 0 aromatic heterocycles. The van der Waals surface area contributed by atoms with Crippen molar-refractivity contribution in [1.29, 1.82) is 0 Å². The molecule has 3 rings (SSSR count). The molecular formula is C20H14ClFN2O3. The van der Waals surface area contributed by atoms with Gasteiger partial charge >= 0.3 is 0 Å². The Morgan fingerprint density at radius 2 is 1.67 bits per heavy atom. The molecule has 0 aliphatic heterocycles. The third-order valence-corrected chi connectivity index (χ3v) is 4.34. The largest absolute Gasteiger partial charge is 0.355 e. The summed E-state index contributed by atoms with van der Waals surface area (Å²) >= 11 is 6.27. The summed E-state index contributed by atoms with van der Waals surface area (Å²) in [5, 5.41) is 14.2. The monoisotopic (exact) mass is 384 g/mol. The molecule has 0 saturated carbocycles. The van der Waals surface area contributed by atoms with Crippen LogP contribution in [0.3, 0.4) is 0 Å². The molecule has 0 saturated heterocycles. The summed E-state index contributed by atoms with van der Waals surface area (Å²) in [7, 11) is 0. The summed E-state index contributed by atoms with van der Waals surface area (Å²) in [6.45, 7) is 1.70. The zero-order valence-corrected chi connectivity index (χ0v) is 15.0. The Hall–Kier alpha value is -3.25. The van der Waals surface area contributed by atoms with Crippen LogP contribution < -0.4 is 5.32 Å². The predicted octanol–water partition coefficient (Wildman–Crippen LogP) is 5.67. The highest BCUT2D eigenvalue weighted by Gasteiger charge is 2.18. The number of rotatable bonds is 5. The lowest BCUT2D eigenvalue weighted by molar-refractivity contribution is -0.384. The summed E-state index contributed by atoms with van der Waals surface area (Å²) in [5.41, 5.74) is 2.22. The van der Waals surface area contributed by atoms with Crippen LogP contribution in [-0.2, 0) is 0 Å². The van der Waals surface area contributed by atoms with Gasteiger partial charge in [-0.1, -0.05) is 17.7 Å². The number of hydrogen-bond donors (Lipinski definition) is 1. The molecule has 0 atom stereocenters. The van der Waals surface area contributed by atoms with Crippen LogP contribution in [0, 0.1) is 22.9 Å². The first-order valence-electron chi connectivity index (χ1n) is 7.97. The highest BCUT2D eigenvalue weighted by molar-refractivity contribution is 6.35. The van der Waals surface area contributed by atoms with Gasteiger partial charge in [-0.25, -0.2) is 4.39 Å². The maximum absolute atomic E-state index is 13.0. The van der Waals surface area contributed by atoms with Crippen LogP contribution in [0.1, 0.15) is 21.5 Å². The van der Waals surface area contributed by atoms with Gasteiger partial charge in [-0.2, -0.15) is 0 Å². The zero-order chi connectivity index (χ0) is 19.6. The molecule has 7 heteroatoms. The van der Waals surface area contributed by atoms with Gasteiger partial charge in [-0.15, -0.1) is 0 Å². The number of hydrogen-bond acceptors (Lipinski definition) is 4. The number of benzene rings is 3. The van der Waals surface area contributed by atoms with E-state index in [2.05, 4.69) is 5.32 Å². The fourth-order valence-corrected chi connectivity index (χ4v) is 2.86. The number of ketones is 1. The number of non-ortho nitro benzene ring substituents is 1. The number of aryl methyl sites for hydroxylation is 1. The molecule has 0 fully saturated rings. The minimum atomic E-state index is -0.548. The third kappa shape index (κ3) is 4.12. The molecule has 27 heavy (non-hydrogen) atoms. The predicted molar refractivity (Wildman–Crippen MR) is 102 cm³/mol. The van der Waals surface area contributed by atoms with Gasteiger partial charge < -0.3 is 5.32 Å². The Labute approximate surface area is 159 Å². The van der Waals surface area contributed by atoms with Gasteiger partial charge in [0.2, 0.25) is 0 Å². The van der Waals surface area contributed by atoms with E-state index >= 15 is 0 Å². The van der Waals surface area contributed by atoms with Crippen LogP contribution in [0.25, 0.3) is 0 Å². The molecule has 0 aliphatic rings. The van der Waals surface area contributed by atoms with E-state index in [1.807, 2.05) is 0 Å². The van der Waals surface area contributed by atoms with E-state index in [1.54, 1.807) is 37.3 Å². The van der Waals surface area contributed by atoms with Crippen LogP contribution in [0.5, 0.6) is 0 Å². The zero-order valence-electron chi connectivity index (χ0n) is 14.2. The maximum atomic E-state index is 13.0. The molecule has 0 unspecified atom stereocenters. The molecule has 3 aromatic rings. The van der Waals surface area contributed by atoms with E-state index in [0.29, 0.717) is 16.9 Å². The van der Waals surface area contributed by atoms with Crippen molar-refractivity contribution in [3.8, 4) is 0 Å². The lowest BCUT2D eigenvalue weighted by Crippen LogP contribution is -2.06. The second-order valence-corrected chi connectivity index (χ2v) is 6.32. The summed E-state index contributed by atoms with van der Waals surface area (Å²) in [5.74, 6) is -0.735. The summed E-state index contributed by atoms with van der Waals surface area (Å²) in [4.78, 5) is 23.2. The Morgan fingerprint density at radius 3 is 2.30 bits per heavy atom. The molecule has 0 spiro atoms. The maximum Gasteiger partial charge on any atom is 0.270 e. The van der Waals surface area contributed by atoms with Crippen LogP contribution >= 0.6 is 11.6 Å². The lowest BCUT2D eigenvalue weighted by Gasteiger charge is -2.10. The molecule has 0 radical (unpaired) electrons. The van der Waals surface area contributed by atoms with Crippen LogP contribution in [0.4, 0.5) is 21.5 Å². The number of carbonyl (C=O) groups is 1. The fraction of sp³-hybridized carbons (Fsp3) is 0.0500. The molecule has 0 amide bonds. The molecule has 5 nitrogen and oxygen atoms in total. The number of nitrogens with one attached hydrogen (secondary N) is 1. The Kier molecular flexibility index (Phi) is 5.19. The minimum absolute atomic E-state index is 0.158. The minimum Gasteiger partial charge on any atom is -0.355 e. The smallest absolute Gasteiger partial charge is 0.270 e. The molecule has 0 heterocycles. The second-order valence-electron chi connectivity index (χ2n) is 5.91. The molecule has 1 N–H and O–H groups in total. The molecular weight excluding hydrogens is 371 g/mol. The Bertz CT molecular complexity index is 1040. The number of carbonyl (C=O) groups excluding carboxylic acids is 1. The number of nitro benzene ring substituents is 1. The van der Waals surface area contributed by atoms with Gasteiger partial charge in [0.15, 0.2) is 5.78 Å².